The van der Waals surface area contributed by atoms with E-state index >= 15 is 4.39 Å². The topological polar surface area (TPSA) is 9.23 Å². The molecule has 1 aliphatic rings. The lowest BCUT2D eigenvalue weighted by molar-refractivity contribution is 0.332. The van der Waals surface area contributed by atoms with E-state index in [2.05, 4.69) is 19.9 Å². The van der Waals surface area contributed by atoms with E-state index in [0.29, 0.717) is 11.3 Å². The van der Waals surface area contributed by atoms with Crippen LogP contribution in [0, 0.1) is 17.0 Å². The minimum atomic E-state index is -0.416. The van der Waals surface area contributed by atoms with E-state index in [1.165, 1.54) is 13.2 Å². The smallest absolute Gasteiger partial charge is 0.131 e. The summed E-state index contributed by atoms with van der Waals surface area (Å²) in [5.41, 5.74) is 2.67. The molecule has 0 amide bonds. The van der Waals surface area contributed by atoms with E-state index in [9.17, 15) is 4.39 Å². The van der Waals surface area contributed by atoms with Crippen LogP contribution in [0.1, 0.15) is 70.9 Å². The Morgan fingerprint density at radius 2 is 1.78 bits per heavy atom. The largest absolute Gasteiger partial charge is 0.497 e. The van der Waals surface area contributed by atoms with E-state index < -0.39 is 5.82 Å². The number of benzene rings is 2. The fourth-order valence-corrected chi connectivity index (χ4v) is 4.18. The second kappa shape index (κ2) is 8.86. The molecule has 1 aliphatic carbocycles. The number of ether oxygens (including phenoxy) is 1. The van der Waals surface area contributed by atoms with Crippen molar-refractivity contribution in [2.45, 2.75) is 66.2 Å². The number of aryl methyl sites for hydroxylation is 1. The van der Waals surface area contributed by atoms with Crippen molar-refractivity contribution in [3.63, 3.8) is 0 Å². The van der Waals surface area contributed by atoms with Crippen molar-refractivity contribution in [2.75, 3.05) is 7.11 Å². The third-order valence-electron chi connectivity index (χ3n) is 5.66. The van der Waals surface area contributed by atoms with Crippen molar-refractivity contribution in [1.82, 2.24) is 0 Å². The van der Waals surface area contributed by atoms with Crippen molar-refractivity contribution in [3.8, 4) is 16.9 Å². The molecule has 3 rings (SSSR count). The number of halogens is 2. The quantitative estimate of drug-likeness (QED) is 0.537. The van der Waals surface area contributed by atoms with Gasteiger partial charge >= 0.3 is 0 Å². The summed E-state index contributed by atoms with van der Waals surface area (Å²) >= 11 is 0. The Kier molecular flexibility index (Phi) is 7.02. The Labute approximate surface area is 162 Å². The van der Waals surface area contributed by atoms with Gasteiger partial charge in [-0.15, -0.1) is 0 Å². The highest BCUT2D eigenvalue weighted by atomic mass is 19.1. The second-order valence-electron chi connectivity index (χ2n) is 7.67. The molecule has 2 aromatic rings. The summed E-state index contributed by atoms with van der Waals surface area (Å²) in [6.07, 6.45) is 4.00. The van der Waals surface area contributed by atoms with Crippen LogP contribution in [0.25, 0.3) is 11.1 Å². The van der Waals surface area contributed by atoms with Gasteiger partial charge in [-0.2, -0.15) is 0 Å². The van der Waals surface area contributed by atoms with E-state index in [0.717, 1.165) is 36.8 Å². The van der Waals surface area contributed by atoms with E-state index in [1.54, 1.807) is 18.2 Å². The molecular formula is C24H32F2O. The Morgan fingerprint density at radius 3 is 2.33 bits per heavy atom. The lowest BCUT2D eigenvalue weighted by Gasteiger charge is -2.30. The van der Waals surface area contributed by atoms with Crippen LogP contribution < -0.4 is 4.74 Å². The van der Waals surface area contributed by atoms with Crippen molar-refractivity contribution >= 4 is 0 Å². The van der Waals surface area contributed by atoms with E-state index in [-0.39, 0.29) is 22.7 Å². The molecule has 0 saturated heterocycles. The predicted octanol–water partition coefficient (Wildman–Crippen LogP) is 7.52. The number of hydrogen-bond donors (Lipinski definition) is 0. The average molecular weight is 375 g/mol. The maximum Gasteiger partial charge on any atom is 0.131 e. The molecule has 0 spiro atoms. The van der Waals surface area contributed by atoms with Gasteiger partial charge in [0.1, 0.15) is 17.4 Å². The van der Waals surface area contributed by atoms with Gasteiger partial charge < -0.3 is 4.74 Å². The van der Waals surface area contributed by atoms with Crippen molar-refractivity contribution in [3.05, 3.63) is 53.1 Å². The predicted molar refractivity (Wildman–Crippen MR) is 109 cm³/mol. The molecule has 1 unspecified atom stereocenters. The zero-order valence-electron chi connectivity index (χ0n) is 17.5. The first-order chi connectivity index (χ1) is 12.9. The van der Waals surface area contributed by atoms with Gasteiger partial charge in [0.15, 0.2) is 0 Å². The van der Waals surface area contributed by atoms with Crippen LogP contribution in [0.3, 0.4) is 0 Å². The molecule has 0 radical (unpaired) electrons. The molecule has 148 valence electrons. The van der Waals surface area contributed by atoms with Crippen molar-refractivity contribution < 1.29 is 13.5 Å². The zero-order valence-corrected chi connectivity index (χ0v) is 17.5. The Hall–Kier alpha value is -1.90. The third-order valence-corrected chi connectivity index (χ3v) is 5.66. The first-order valence-corrected chi connectivity index (χ1v) is 10.0. The lowest BCUT2D eigenvalue weighted by atomic mass is 9.75. The summed E-state index contributed by atoms with van der Waals surface area (Å²) in [7, 11) is 1.54. The van der Waals surface area contributed by atoms with Gasteiger partial charge in [0.05, 0.1) is 7.11 Å². The number of hydrogen-bond acceptors (Lipinski definition) is 1. The normalized spacial score (nSPS) is 18.0. The summed E-state index contributed by atoms with van der Waals surface area (Å²) < 4.78 is 34.9. The highest BCUT2D eigenvalue weighted by molar-refractivity contribution is 5.71. The molecule has 1 fully saturated rings. The molecule has 0 aliphatic heterocycles. The molecule has 1 atom stereocenters. The standard InChI is InChI=1S/C22H26F2O.C2H6/c1-5-14-11-16(18-7-6-10-22(18,2)3)21(20(24)12-14)17-13-15(25-4)8-9-19(17)23;1-2/h8-9,11-13,18H,5-7,10H2,1-4H3;1-2H3. The number of methoxy groups -OCH3 is 1. The molecule has 2 aromatic carbocycles. The Bertz CT molecular complexity index is 780. The molecule has 1 saturated carbocycles. The maximum absolute atomic E-state index is 15.1. The van der Waals surface area contributed by atoms with Crippen LogP contribution in [-0.2, 0) is 6.42 Å². The van der Waals surface area contributed by atoms with Gasteiger partial charge in [0.25, 0.3) is 0 Å². The van der Waals surface area contributed by atoms with Gasteiger partial charge in [0, 0.05) is 11.1 Å². The van der Waals surface area contributed by atoms with Gasteiger partial charge in [0.2, 0.25) is 0 Å². The van der Waals surface area contributed by atoms with Crippen LogP contribution in [0.2, 0.25) is 0 Å². The van der Waals surface area contributed by atoms with Crippen LogP contribution in [0.5, 0.6) is 5.75 Å². The molecule has 3 heteroatoms. The highest BCUT2D eigenvalue weighted by Crippen LogP contribution is 2.52. The van der Waals surface area contributed by atoms with Gasteiger partial charge in [-0.1, -0.05) is 47.1 Å². The zero-order chi connectivity index (χ0) is 20.2. The second-order valence-corrected chi connectivity index (χ2v) is 7.67. The summed E-state index contributed by atoms with van der Waals surface area (Å²) in [5, 5.41) is 0. The lowest BCUT2D eigenvalue weighted by Crippen LogP contribution is -2.17. The Balaban J connectivity index is 0.00000126. The summed E-state index contributed by atoms with van der Waals surface area (Å²) in [4.78, 5) is 0. The molecule has 0 heterocycles. The van der Waals surface area contributed by atoms with Crippen molar-refractivity contribution in [1.29, 1.82) is 0 Å². The van der Waals surface area contributed by atoms with Crippen molar-refractivity contribution in [2.24, 2.45) is 5.41 Å². The molecular weight excluding hydrogens is 342 g/mol. The first-order valence-electron chi connectivity index (χ1n) is 10.0. The maximum atomic E-state index is 15.1. The molecule has 1 nitrogen and oxygen atoms in total. The summed E-state index contributed by atoms with van der Waals surface area (Å²) in [6.45, 7) is 10.5. The van der Waals surface area contributed by atoms with Gasteiger partial charge in [-0.05, 0) is 66.0 Å². The summed E-state index contributed by atoms with van der Waals surface area (Å²) in [6, 6.07) is 8.14. The Morgan fingerprint density at radius 1 is 1.07 bits per heavy atom. The van der Waals surface area contributed by atoms with Gasteiger partial charge in [-0.25, -0.2) is 8.78 Å². The highest BCUT2D eigenvalue weighted by Gasteiger charge is 2.37. The minimum Gasteiger partial charge on any atom is -0.497 e. The average Bonchev–Trinajstić information content (AvgIpc) is 3.02. The molecule has 0 N–H and O–H groups in total. The monoisotopic (exact) mass is 374 g/mol. The molecule has 0 bridgehead atoms. The third kappa shape index (κ3) is 4.34. The SMILES string of the molecule is CC.CCc1cc(F)c(-c2cc(OC)ccc2F)c(C2CCCC2(C)C)c1. The summed E-state index contributed by atoms with van der Waals surface area (Å²) in [5.74, 6) is 0.00584. The molecule has 0 aromatic heterocycles. The van der Waals surface area contributed by atoms with Gasteiger partial charge in [-0.3, -0.25) is 0 Å². The van der Waals surface area contributed by atoms with E-state index in [4.69, 9.17) is 4.74 Å². The minimum absolute atomic E-state index is 0.0862. The van der Waals surface area contributed by atoms with Crippen LogP contribution in [0.4, 0.5) is 8.78 Å². The number of rotatable bonds is 4. The van der Waals surface area contributed by atoms with E-state index in [1.807, 2.05) is 20.8 Å². The van der Waals surface area contributed by atoms with Crippen LogP contribution >= 0.6 is 0 Å². The first kappa shape index (κ1) is 21.4. The fourth-order valence-electron chi connectivity index (χ4n) is 4.18. The van der Waals surface area contributed by atoms with Crippen LogP contribution in [0.15, 0.2) is 30.3 Å². The molecule has 27 heavy (non-hydrogen) atoms. The fraction of sp³-hybridized carbons (Fsp3) is 0.500. The van der Waals surface area contributed by atoms with Crippen LogP contribution in [-0.4, -0.2) is 7.11 Å².